The molecule has 8 heteroatoms. The topological polar surface area (TPSA) is 99.2 Å². The van der Waals surface area contributed by atoms with Crippen LogP contribution in [0.2, 0.25) is 0 Å². The molecule has 4 rings (SSSR count). The number of nitrogens with one attached hydrogen (secondary N) is 1. The standard InChI is InChI=1S/C21H17FN4O3/c22-14-6-4-13(5-7-14)19(27)17-18(16-3-1-2-9-24-16)26(21(29)20(17)28)10-8-15-11-23-12-25-15/h1-7,9,11-12,18,27H,8,10H2,(H,23,25). The second kappa shape index (κ2) is 7.67. The van der Waals surface area contributed by atoms with Crippen LogP contribution in [-0.4, -0.2) is 43.2 Å². The molecule has 0 aliphatic carbocycles. The highest BCUT2D eigenvalue weighted by molar-refractivity contribution is 6.46. The van der Waals surface area contributed by atoms with Gasteiger partial charge in [0.05, 0.1) is 17.6 Å². The molecule has 2 aromatic heterocycles. The Morgan fingerprint density at radius 1 is 1.17 bits per heavy atom. The highest BCUT2D eigenvalue weighted by Crippen LogP contribution is 2.38. The summed E-state index contributed by atoms with van der Waals surface area (Å²) < 4.78 is 13.3. The van der Waals surface area contributed by atoms with Gasteiger partial charge >= 0.3 is 0 Å². The predicted octanol–water partition coefficient (Wildman–Crippen LogP) is 2.61. The van der Waals surface area contributed by atoms with Gasteiger partial charge < -0.3 is 15.0 Å². The first kappa shape index (κ1) is 18.5. The first-order valence-electron chi connectivity index (χ1n) is 8.99. The molecule has 1 aromatic carbocycles. The molecule has 3 aromatic rings. The number of nitrogens with zero attached hydrogens (tertiary/aromatic N) is 3. The van der Waals surface area contributed by atoms with E-state index in [9.17, 15) is 19.1 Å². The number of ketones is 1. The fraction of sp³-hybridized carbons (Fsp3) is 0.143. The van der Waals surface area contributed by atoms with Crippen molar-refractivity contribution >= 4 is 17.4 Å². The van der Waals surface area contributed by atoms with Crippen molar-refractivity contribution in [3.05, 3.63) is 89.5 Å². The Bertz CT molecular complexity index is 1060. The molecule has 2 N–H and O–H groups in total. The van der Waals surface area contributed by atoms with Crippen molar-refractivity contribution in [1.82, 2.24) is 19.9 Å². The van der Waals surface area contributed by atoms with Crippen LogP contribution in [0, 0.1) is 5.82 Å². The van der Waals surface area contributed by atoms with Crippen LogP contribution < -0.4 is 0 Å². The van der Waals surface area contributed by atoms with E-state index in [0.29, 0.717) is 12.1 Å². The SMILES string of the molecule is O=C1C(=O)N(CCc2cnc[nH]2)C(c2ccccn2)C1=C(O)c1ccc(F)cc1. The number of halogens is 1. The number of aliphatic hydroxyl groups excluding tert-OH is 1. The minimum absolute atomic E-state index is 0.0649. The number of carbonyl (C=O) groups excluding carboxylic acids is 2. The molecule has 1 saturated heterocycles. The lowest BCUT2D eigenvalue weighted by Gasteiger charge is -2.24. The van der Waals surface area contributed by atoms with Gasteiger partial charge in [-0.05, 0) is 36.4 Å². The average molecular weight is 392 g/mol. The van der Waals surface area contributed by atoms with Gasteiger partial charge in [0.25, 0.3) is 11.7 Å². The second-order valence-corrected chi connectivity index (χ2v) is 6.58. The molecular formula is C21H17FN4O3. The average Bonchev–Trinajstić information content (AvgIpc) is 3.34. The minimum atomic E-state index is -0.843. The molecule has 29 heavy (non-hydrogen) atoms. The van der Waals surface area contributed by atoms with E-state index in [2.05, 4.69) is 15.0 Å². The van der Waals surface area contributed by atoms with Crippen LogP contribution in [0.15, 0.2) is 66.8 Å². The summed E-state index contributed by atoms with van der Waals surface area (Å²) in [6, 6.07) is 9.39. The number of imidazole rings is 1. The van der Waals surface area contributed by atoms with Gasteiger partial charge in [-0.3, -0.25) is 14.6 Å². The van der Waals surface area contributed by atoms with Gasteiger partial charge in [0.1, 0.15) is 17.6 Å². The molecule has 0 saturated carbocycles. The van der Waals surface area contributed by atoms with E-state index in [0.717, 1.165) is 5.69 Å². The number of aromatic nitrogens is 3. The number of benzene rings is 1. The molecule has 0 bridgehead atoms. The van der Waals surface area contributed by atoms with Crippen molar-refractivity contribution in [1.29, 1.82) is 0 Å². The first-order valence-corrected chi connectivity index (χ1v) is 8.99. The number of aliphatic hydroxyl groups is 1. The third kappa shape index (κ3) is 3.52. The van der Waals surface area contributed by atoms with Crippen LogP contribution in [-0.2, 0) is 16.0 Å². The molecule has 1 unspecified atom stereocenters. The minimum Gasteiger partial charge on any atom is -0.507 e. The maximum absolute atomic E-state index is 13.3. The van der Waals surface area contributed by atoms with Gasteiger partial charge in [-0.25, -0.2) is 9.37 Å². The number of Topliss-reactive ketones (excluding diaryl/α,β-unsaturated/α-hetero) is 1. The van der Waals surface area contributed by atoms with E-state index >= 15 is 0 Å². The Hall–Kier alpha value is -3.81. The van der Waals surface area contributed by atoms with Gasteiger partial charge in [-0.2, -0.15) is 0 Å². The number of rotatable bonds is 5. The molecule has 0 spiro atoms. The Kier molecular flexibility index (Phi) is 4.90. The predicted molar refractivity (Wildman–Crippen MR) is 102 cm³/mol. The number of pyridine rings is 1. The molecule has 1 atom stereocenters. The number of carbonyl (C=O) groups is 2. The lowest BCUT2D eigenvalue weighted by atomic mass is 9.98. The van der Waals surface area contributed by atoms with Crippen LogP contribution >= 0.6 is 0 Å². The van der Waals surface area contributed by atoms with Gasteiger partial charge in [0, 0.05) is 36.6 Å². The molecule has 1 amide bonds. The smallest absolute Gasteiger partial charge is 0.295 e. The fourth-order valence-electron chi connectivity index (χ4n) is 3.38. The monoisotopic (exact) mass is 392 g/mol. The van der Waals surface area contributed by atoms with Crippen molar-refractivity contribution in [3.8, 4) is 0 Å². The molecule has 7 nitrogen and oxygen atoms in total. The zero-order valence-electron chi connectivity index (χ0n) is 15.2. The normalized spacial score (nSPS) is 18.4. The maximum Gasteiger partial charge on any atom is 0.295 e. The zero-order chi connectivity index (χ0) is 20.4. The summed E-state index contributed by atoms with van der Waals surface area (Å²) in [4.78, 5) is 38.2. The van der Waals surface area contributed by atoms with Crippen LogP contribution in [0.25, 0.3) is 5.76 Å². The van der Waals surface area contributed by atoms with Gasteiger partial charge in [0.2, 0.25) is 0 Å². The summed E-state index contributed by atoms with van der Waals surface area (Å²) in [5.41, 5.74) is 1.45. The maximum atomic E-state index is 13.3. The third-order valence-electron chi connectivity index (χ3n) is 4.80. The van der Waals surface area contributed by atoms with Crippen molar-refractivity contribution in [2.75, 3.05) is 6.54 Å². The third-order valence-corrected chi connectivity index (χ3v) is 4.80. The lowest BCUT2D eigenvalue weighted by molar-refractivity contribution is -0.139. The van der Waals surface area contributed by atoms with E-state index in [-0.39, 0.29) is 23.4 Å². The number of amides is 1. The quantitative estimate of drug-likeness (QED) is 0.395. The molecule has 1 aliphatic heterocycles. The van der Waals surface area contributed by atoms with Crippen LogP contribution in [0.3, 0.4) is 0 Å². The fourth-order valence-corrected chi connectivity index (χ4v) is 3.38. The largest absolute Gasteiger partial charge is 0.507 e. The Balaban J connectivity index is 1.78. The molecule has 146 valence electrons. The van der Waals surface area contributed by atoms with Crippen molar-refractivity contribution in [3.63, 3.8) is 0 Å². The van der Waals surface area contributed by atoms with Crippen LogP contribution in [0.4, 0.5) is 4.39 Å². The number of hydrogen-bond donors (Lipinski definition) is 2. The molecule has 1 fully saturated rings. The number of aromatic amines is 1. The van der Waals surface area contributed by atoms with Gasteiger partial charge in [0.15, 0.2) is 0 Å². The first-order chi connectivity index (χ1) is 14.1. The van der Waals surface area contributed by atoms with Crippen molar-refractivity contribution < 1.29 is 19.1 Å². The molecule has 3 heterocycles. The van der Waals surface area contributed by atoms with Crippen LogP contribution in [0.1, 0.15) is 23.0 Å². The molecule has 0 radical (unpaired) electrons. The molecular weight excluding hydrogens is 375 g/mol. The number of hydrogen-bond acceptors (Lipinski definition) is 5. The summed E-state index contributed by atoms with van der Waals surface area (Å²) >= 11 is 0. The lowest BCUT2D eigenvalue weighted by Crippen LogP contribution is -2.32. The Labute approximate surface area is 165 Å². The van der Waals surface area contributed by atoms with E-state index in [1.54, 1.807) is 30.6 Å². The molecule has 1 aliphatic rings. The Morgan fingerprint density at radius 2 is 1.97 bits per heavy atom. The van der Waals surface area contributed by atoms with E-state index in [4.69, 9.17) is 0 Å². The van der Waals surface area contributed by atoms with E-state index < -0.39 is 23.5 Å². The highest BCUT2D eigenvalue weighted by Gasteiger charge is 2.46. The Morgan fingerprint density at radius 3 is 2.62 bits per heavy atom. The summed E-state index contributed by atoms with van der Waals surface area (Å²) in [6.45, 7) is 0.230. The van der Waals surface area contributed by atoms with E-state index in [1.807, 2.05) is 0 Å². The van der Waals surface area contributed by atoms with Gasteiger partial charge in [-0.1, -0.05) is 6.07 Å². The number of H-pyrrole nitrogens is 1. The summed E-state index contributed by atoms with van der Waals surface area (Å²) in [5, 5.41) is 10.8. The van der Waals surface area contributed by atoms with Crippen molar-refractivity contribution in [2.45, 2.75) is 12.5 Å². The van der Waals surface area contributed by atoms with Crippen molar-refractivity contribution in [2.24, 2.45) is 0 Å². The van der Waals surface area contributed by atoms with Crippen LogP contribution in [0.5, 0.6) is 0 Å². The zero-order valence-corrected chi connectivity index (χ0v) is 15.2. The summed E-state index contributed by atoms with van der Waals surface area (Å²) in [5.74, 6) is -2.35. The second-order valence-electron chi connectivity index (χ2n) is 6.58. The van der Waals surface area contributed by atoms with Gasteiger partial charge in [-0.15, -0.1) is 0 Å². The summed E-state index contributed by atoms with van der Waals surface area (Å²) in [7, 11) is 0. The van der Waals surface area contributed by atoms with E-state index in [1.165, 1.54) is 35.5 Å². The summed E-state index contributed by atoms with van der Waals surface area (Å²) in [6.07, 6.45) is 5.19. The number of likely N-dealkylation sites (tertiary alicyclic amines) is 1. The highest BCUT2D eigenvalue weighted by atomic mass is 19.1.